The number of fused-ring (bicyclic) bond motifs is 1. The van der Waals surface area contributed by atoms with Gasteiger partial charge in [-0.25, -0.2) is 0 Å². The SMILES string of the molecule is Cc1nn(C)cc1CNC1CCN2CCCCC12. The van der Waals surface area contributed by atoms with Gasteiger partial charge in [0.05, 0.1) is 5.69 Å². The molecule has 1 aromatic rings. The van der Waals surface area contributed by atoms with Crippen molar-refractivity contribution in [1.29, 1.82) is 0 Å². The Balaban J connectivity index is 1.58. The van der Waals surface area contributed by atoms with Gasteiger partial charge in [0, 0.05) is 44.0 Å². The fourth-order valence-electron chi connectivity index (χ4n) is 3.55. The lowest BCUT2D eigenvalue weighted by atomic mass is 9.99. The van der Waals surface area contributed by atoms with Crippen molar-refractivity contribution in [2.75, 3.05) is 13.1 Å². The number of rotatable bonds is 3. The molecule has 2 fully saturated rings. The molecule has 0 aliphatic carbocycles. The zero-order valence-electron chi connectivity index (χ0n) is 11.5. The molecule has 18 heavy (non-hydrogen) atoms. The summed E-state index contributed by atoms with van der Waals surface area (Å²) in [4.78, 5) is 2.68. The summed E-state index contributed by atoms with van der Waals surface area (Å²) in [5.74, 6) is 0. The van der Waals surface area contributed by atoms with Gasteiger partial charge in [0.25, 0.3) is 0 Å². The Bertz CT molecular complexity index is 412. The number of nitrogens with zero attached hydrogens (tertiary/aromatic N) is 3. The van der Waals surface area contributed by atoms with E-state index in [0.29, 0.717) is 6.04 Å². The molecule has 2 unspecified atom stereocenters. The van der Waals surface area contributed by atoms with Gasteiger partial charge in [0.2, 0.25) is 0 Å². The fourth-order valence-corrected chi connectivity index (χ4v) is 3.55. The Labute approximate surface area is 109 Å². The molecule has 4 heteroatoms. The third kappa shape index (κ3) is 2.31. The van der Waals surface area contributed by atoms with Crippen LogP contribution in [0.15, 0.2) is 6.20 Å². The number of piperidine rings is 1. The predicted octanol–water partition coefficient (Wildman–Crippen LogP) is 1.44. The summed E-state index contributed by atoms with van der Waals surface area (Å²) >= 11 is 0. The van der Waals surface area contributed by atoms with Crippen molar-refractivity contribution in [3.05, 3.63) is 17.5 Å². The average molecular weight is 248 g/mol. The number of nitrogens with one attached hydrogen (secondary N) is 1. The van der Waals surface area contributed by atoms with E-state index in [-0.39, 0.29) is 0 Å². The van der Waals surface area contributed by atoms with Crippen LogP contribution in [0.1, 0.15) is 36.9 Å². The molecule has 1 N–H and O–H groups in total. The summed E-state index contributed by atoms with van der Waals surface area (Å²) in [5.41, 5.74) is 2.50. The van der Waals surface area contributed by atoms with Gasteiger partial charge in [-0.1, -0.05) is 6.42 Å². The minimum absolute atomic E-state index is 0.685. The van der Waals surface area contributed by atoms with Gasteiger partial charge < -0.3 is 5.32 Å². The van der Waals surface area contributed by atoms with E-state index in [9.17, 15) is 0 Å². The van der Waals surface area contributed by atoms with Gasteiger partial charge in [-0.2, -0.15) is 5.10 Å². The molecule has 3 rings (SSSR count). The van der Waals surface area contributed by atoms with Crippen LogP contribution >= 0.6 is 0 Å². The molecule has 3 heterocycles. The summed E-state index contributed by atoms with van der Waals surface area (Å²) in [6.45, 7) is 5.66. The topological polar surface area (TPSA) is 33.1 Å². The molecule has 0 radical (unpaired) electrons. The average Bonchev–Trinajstić information content (AvgIpc) is 2.90. The number of aryl methyl sites for hydroxylation is 2. The Morgan fingerprint density at radius 3 is 3.00 bits per heavy atom. The van der Waals surface area contributed by atoms with Crippen LogP contribution in [0.4, 0.5) is 0 Å². The van der Waals surface area contributed by atoms with Crippen LogP contribution in [0.5, 0.6) is 0 Å². The molecule has 0 bridgehead atoms. The molecule has 2 atom stereocenters. The molecule has 2 saturated heterocycles. The Kier molecular flexibility index (Phi) is 3.39. The lowest BCUT2D eigenvalue weighted by Gasteiger charge is -2.32. The smallest absolute Gasteiger partial charge is 0.0638 e. The van der Waals surface area contributed by atoms with Gasteiger partial charge in [0.15, 0.2) is 0 Å². The number of aromatic nitrogens is 2. The first-order valence-corrected chi connectivity index (χ1v) is 7.20. The van der Waals surface area contributed by atoms with Crippen LogP contribution in [-0.2, 0) is 13.6 Å². The summed E-state index contributed by atoms with van der Waals surface area (Å²) in [6, 6.07) is 1.47. The monoisotopic (exact) mass is 248 g/mol. The third-order valence-electron chi connectivity index (χ3n) is 4.53. The van der Waals surface area contributed by atoms with Crippen molar-refractivity contribution >= 4 is 0 Å². The standard InChI is InChI=1S/C14H24N4/c1-11-12(10-17(2)16-11)9-15-13-6-8-18-7-4-3-5-14(13)18/h10,13-15H,3-9H2,1-2H3. The van der Waals surface area contributed by atoms with Crippen molar-refractivity contribution in [2.24, 2.45) is 7.05 Å². The summed E-state index contributed by atoms with van der Waals surface area (Å²) in [5, 5.41) is 8.16. The lowest BCUT2D eigenvalue weighted by molar-refractivity contribution is 0.180. The van der Waals surface area contributed by atoms with E-state index in [1.54, 1.807) is 0 Å². The van der Waals surface area contributed by atoms with Crippen LogP contribution in [0.25, 0.3) is 0 Å². The van der Waals surface area contributed by atoms with Crippen LogP contribution in [0.3, 0.4) is 0 Å². The molecule has 0 saturated carbocycles. The van der Waals surface area contributed by atoms with Crippen molar-refractivity contribution in [3.8, 4) is 0 Å². The van der Waals surface area contributed by atoms with E-state index < -0.39 is 0 Å². The highest BCUT2D eigenvalue weighted by Gasteiger charge is 2.34. The molecule has 1 aromatic heterocycles. The minimum Gasteiger partial charge on any atom is -0.308 e. The highest BCUT2D eigenvalue weighted by molar-refractivity contribution is 5.15. The van der Waals surface area contributed by atoms with Gasteiger partial charge >= 0.3 is 0 Å². The molecule has 0 spiro atoms. The van der Waals surface area contributed by atoms with E-state index in [2.05, 4.69) is 28.4 Å². The maximum Gasteiger partial charge on any atom is 0.0638 e. The Hall–Kier alpha value is -0.870. The predicted molar refractivity (Wildman–Crippen MR) is 72.4 cm³/mol. The summed E-state index contributed by atoms with van der Waals surface area (Å²) < 4.78 is 1.91. The largest absolute Gasteiger partial charge is 0.308 e. The maximum absolute atomic E-state index is 4.40. The molecule has 2 aliphatic rings. The van der Waals surface area contributed by atoms with Crippen molar-refractivity contribution in [1.82, 2.24) is 20.0 Å². The van der Waals surface area contributed by atoms with Crippen LogP contribution in [0, 0.1) is 6.92 Å². The maximum atomic E-state index is 4.40. The summed E-state index contributed by atoms with van der Waals surface area (Å²) in [6.07, 6.45) is 7.62. The molecular formula is C14H24N4. The van der Waals surface area contributed by atoms with E-state index in [1.165, 1.54) is 44.3 Å². The van der Waals surface area contributed by atoms with E-state index in [0.717, 1.165) is 18.3 Å². The minimum atomic E-state index is 0.685. The van der Waals surface area contributed by atoms with Crippen LogP contribution in [-0.4, -0.2) is 39.9 Å². The number of hydrogen-bond donors (Lipinski definition) is 1. The van der Waals surface area contributed by atoms with Gasteiger partial charge in [-0.15, -0.1) is 0 Å². The van der Waals surface area contributed by atoms with Crippen molar-refractivity contribution < 1.29 is 0 Å². The molecular weight excluding hydrogens is 224 g/mol. The molecule has 2 aliphatic heterocycles. The second kappa shape index (κ2) is 5.02. The van der Waals surface area contributed by atoms with Crippen LogP contribution < -0.4 is 5.32 Å². The zero-order chi connectivity index (χ0) is 12.5. The van der Waals surface area contributed by atoms with E-state index in [4.69, 9.17) is 0 Å². The lowest BCUT2D eigenvalue weighted by Crippen LogP contribution is -2.44. The van der Waals surface area contributed by atoms with Gasteiger partial charge in [-0.3, -0.25) is 9.58 Å². The molecule has 0 amide bonds. The highest BCUT2D eigenvalue weighted by atomic mass is 15.3. The first-order chi connectivity index (χ1) is 8.74. The fraction of sp³-hybridized carbons (Fsp3) is 0.786. The van der Waals surface area contributed by atoms with Crippen LogP contribution in [0.2, 0.25) is 0 Å². The second-order valence-corrected chi connectivity index (χ2v) is 5.79. The van der Waals surface area contributed by atoms with E-state index in [1.807, 2.05) is 11.7 Å². The van der Waals surface area contributed by atoms with Crippen molar-refractivity contribution in [2.45, 2.75) is 51.2 Å². The zero-order valence-corrected chi connectivity index (χ0v) is 11.5. The molecule has 100 valence electrons. The Morgan fingerprint density at radius 1 is 1.33 bits per heavy atom. The van der Waals surface area contributed by atoms with Gasteiger partial charge in [-0.05, 0) is 32.7 Å². The third-order valence-corrected chi connectivity index (χ3v) is 4.53. The number of hydrogen-bond acceptors (Lipinski definition) is 3. The Morgan fingerprint density at radius 2 is 2.22 bits per heavy atom. The molecule has 0 aromatic carbocycles. The first kappa shape index (κ1) is 12.2. The first-order valence-electron chi connectivity index (χ1n) is 7.20. The molecule has 4 nitrogen and oxygen atoms in total. The highest BCUT2D eigenvalue weighted by Crippen LogP contribution is 2.27. The van der Waals surface area contributed by atoms with E-state index >= 15 is 0 Å². The quantitative estimate of drug-likeness (QED) is 0.879. The van der Waals surface area contributed by atoms with Crippen molar-refractivity contribution in [3.63, 3.8) is 0 Å². The summed E-state index contributed by atoms with van der Waals surface area (Å²) in [7, 11) is 1.99. The van der Waals surface area contributed by atoms with Gasteiger partial charge in [0.1, 0.15) is 0 Å². The normalized spacial score (nSPS) is 28.6. The second-order valence-electron chi connectivity index (χ2n) is 5.79.